The van der Waals surface area contributed by atoms with Crippen LogP contribution in [0.2, 0.25) is 10.0 Å². The molecule has 1 fully saturated rings. The van der Waals surface area contributed by atoms with Crippen LogP contribution in [-0.4, -0.2) is 33.7 Å². The molecule has 1 atom stereocenters. The van der Waals surface area contributed by atoms with Crippen LogP contribution in [0.15, 0.2) is 54.0 Å². The summed E-state index contributed by atoms with van der Waals surface area (Å²) >= 11 is 13.4. The molecule has 1 N–H and O–H groups in total. The topological polar surface area (TPSA) is 61.8 Å². The molecule has 0 aromatic heterocycles. The standard InChI is InChI=1S/C22H21Cl2N3O2S/c1-4-10-27-21(29)18(12-19(28)26-17-7-5-6-16(23)20(17)24)30-22(27)25-15-9-8-13(2)14(3)11-15/h4-9,11,18H,1,10,12H2,2-3H3,(H,26,28)/t18-/m0/s1. The number of halogens is 2. The number of anilines is 1. The fourth-order valence-corrected chi connectivity index (χ4v) is 4.41. The Morgan fingerprint density at radius 3 is 2.73 bits per heavy atom. The number of amides is 2. The maximum Gasteiger partial charge on any atom is 0.242 e. The SMILES string of the molecule is C=CCN1C(=O)[C@H](CC(=O)Nc2cccc(Cl)c2Cl)SC1=Nc1ccc(C)c(C)c1. The lowest BCUT2D eigenvalue weighted by molar-refractivity contribution is -0.127. The smallest absolute Gasteiger partial charge is 0.242 e. The van der Waals surface area contributed by atoms with E-state index >= 15 is 0 Å². The third-order valence-electron chi connectivity index (χ3n) is 4.64. The van der Waals surface area contributed by atoms with Crippen LogP contribution in [-0.2, 0) is 9.59 Å². The summed E-state index contributed by atoms with van der Waals surface area (Å²) in [6.07, 6.45) is 1.63. The number of rotatable bonds is 6. The summed E-state index contributed by atoms with van der Waals surface area (Å²) < 4.78 is 0. The van der Waals surface area contributed by atoms with E-state index in [2.05, 4.69) is 16.9 Å². The molecule has 0 spiro atoms. The number of aliphatic imine (C=N–C) groups is 1. The number of carbonyl (C=O) groups is 2. The van der Waals surface area contributed by atoms with Crippen LogP contribution in [0.25, 0.3) is 0 Å². The highest BCUT2D eigenvalue weighted by Crippen LogP contribution is 2.33. The van der Waals surface area contributed by atoms with Crippen LogP contribution in [0.3, 0.4) is 0 Å². The van der Waals surface area contributed by atoms with Crippen molar-refractivity contribution in [2.75, 3.05) is 11.9 Å². The number of hydrogen-bond acceptors (Lipinski definition) is 4. The molecule has 1 saturated heterocycles. The summed E-state index contributed by atoms with van der Waals surface area (Å²) in [5.74, 6) is -0.495. The van der Waals surface area contributed by atoms with Crippen LogP contribution in [0.1, 0.15) is 17.5 Å². The van der Waals surface area contributed by atoms with Gasteiger partial charge in [-0.3, -0.25) is 14.5 Å². The second-order valence-corrected chi connectivity index (χ2v) is 8.82. The van der Waals surface area contributed by atoms with Crippen molar-refractivity contribution in [2.45, 2.75) is 25.5 Å². The second kappa shape index (κ2) is 9.69. The molecule has 8 heteroatoms. The number of hydrogen-bond donors (Lipinski definition) is 1. The second-order valence-electron chi connectivity index (χ2n) is 6.86. The van der Waals surface area contributed by atoms with Crippen molar-refractivity contribution in [1.82, 2.24) is 4.90 Å². The minimum Gasteiger partial charge on any atom is -0.325 e. The molecule has 2 aromatic rings. The molecule has 0 unspecified atom stereocenters. The summed E-state index contributed by atoms with van der Waals surface area (Å²) in [6, 6.07) is 10.9. The highest BCUT2D eigenvalue weighted by Gasteiger charge is 2.38. The molecule has 0 saturated carbocycles. The van der Waals surface area contributed by atoms with E-state index in [0.29, 0.717) is 22.4 Å². The minimum atomic E-state index is -0.576. The van der Waals surface area contributed by atoms with Crippen molar-refractivity contribution in [3.05, 3.63) is 70.2 Å². The summed E-state index contributed by atoms with van der Waals surface area (Å²) in [6.45, 7) is 8.10. The predicted molar refractivity (Wildman–Crippen MR) is 126 cm³/mol. The Hall–Kier alpha value is -2.28. The molecule has 2 aromatic carbocycles. The number of benzene rings is 2. The Bertz CT molecular complexity index is 1040. The summed E-state index contributed by atoms with van der Waals surface area (Å²) in [5, 5.41) is 3.32. The number of nitrogens with one attached hydrogen (secondary N) is 1. The van der Waals surface area contributed by atoms with Gasteiger partial charge in [-0.05, 0) is 49.2 Å². The van der Waals surface area contributed by atoms with Crippen LogP contribution in [0.4, 0.5) is 11.4 Å². The molecular formula is C22H21Cl2N3O2S. The van der Waals surface area contributed by atoms with Gasteiger partial charge in [-0.1, -0.05) is 53.2 Å². The molecular weight excluding hydrogens is 441 g/mol. The minimum absolute atomic E-state index is 0.00801. The number of nitrogens with zero attached hydrogens (tertiary/aromatic N) is 2. The Morgan fingerprint density at radius 1 is 1.27 bits per heavy atom. The maximum atomic E-state index is 12.9. The average Bonchev–Trinajstić information content (AvgIpc) is 2.97. The fraction of sp³-hybridized carbons (Fsp3) is 0.227. The summed E-state index contributed by atoms with van der Waals surface area (Å²) in [7, 11) is 0. The highest BCUT2D eigenvalue weighted by atomic mass is 35.5. The molecule has 1 heterocycles. The molecule has 30 heavy (non-hydrogen) atoms. The zero-order chi connectivity index (χ0) is 21.8. The highest BCUT2D eigenvalue weighted by molar-refractivity contribution is 8.15. The molecule has 5 nitrogen and oxygen atoms in total. The molecule has 156 valence electrons. The quantitative estimate of drug-likeness (QED) is 0.556. The van der Waals surface area contributed by atoms with Gasteiger partial charge in [-0.2, -0.15) is 0 Å². The maximum absolute atomic E-state index is 12.9. The normalized spacial score (nSPS) is 17.5. The molecule has 1 aliphatic heterocycles. The van der Waals surface area contributed by atoms with Gasteiger partial charge in [0.2, 0.25) is 11.8 Å². The van der Waals surface area contributed by atoms with Crippen molar-refractivity contribution in [3.63, 3.8) is 0 Å². The molecule has 2 amide bonds. The van der Waals surface area contributed by atoms with E-state index in [9.17, 15) is 9.59 Å². The molecule has 3 rings (SSSR count). The largest absolute Gasteiger partial charge is 0.325 e. The summed E-state index contributed by atoms with van der Waals surface area (Å²) in [4.78, 5) is 31.6. The Balaban J connectivity index is 1.77. The summed E-state index contributed by atoms with van der Waals surface area (Å²) in [5.41, 5.74) is 3.47. The number of amidine groups is 1. The molecule has 1 aliphatic rings. The Kier molecular flexibility index (Phi) is 7.23. The van der Waals surface area contributed by atoms with E-state index in [-0.39, 0.29) is 23.3 Å². The van der Waals surface area contributed by atoms with Crippen molar-refractivity contribution in [2.24, 2.45) is 4.99 Å². The monoisotopic (exact) mass is 461 g/mol. The van der Waals surface area contributed by atoms with E-state index in [4.69, 9.17) is 23.2 Å². The lowest BCUT2D eigenvalue weighted by Gasteiger charge is -2.14. The zero-order valence-corrected chi connectivity index (χ0v) is 18.9. The van der Waals surface area contributed by atoms with Gasteiger partial charge in [0.25, 0.3) is 0 Å². The molecule has 0 bridgehead atoms. The van der Waals surface area contributed by atoms with Gasteiger partial charge in [-0.15, -0.1) is 6.58 Å². The average molecular weight is 462 g/mol. The van der Waals surface area contributed by atoms with Crippen LogP contribution >= 0.6 is 35.0 Å². The van der Waals surface area contributed by atoms with Gasteiger partial charge >= 0.3 is 0 Å². The zero-order valence-electron chi connectivity index (χ0n) is 16.6. The molecule has 0 radical (unpaired) electrons. The first-order valence-electron chi connectivity index (χ1n) is 9.29. The van der Waals surface area contributed by atoms with Gasteiger partial charge in [0.1, 0.15) is 5.25 Å². The Labute approximate surface area is 190 Å². The first-order chi connectivity index (χ1) is 14.3. The fourth-order valence-electron chi connectivity index (χ4n) is 2.90. The van der Waals surface area contributed by atoms with Gasteiger partial charge in [-0.25, -0.2) is 4.99 Å². The van der Waals surface area contributed by atoms with Crippen molar-refractivity contribution in [1.29, 1.82) is 0 Å². The van der Waals surface area contributed by atoms with Gasteiger partial charge in [0.15, 0.2) is 5.17 Å². The number of carbonyl (C=O) groups excluding carboxylic acids is 2. The van der Waals surface area contributed by atoms with E-state index < -0.39 is 5.25 Å². The van der Waals surface area contributed by atoms with E-state index in [1.165, 1.54) is 17.3 Å². The number of thioether (sulfide) groups is 1. The van der Waals surface area contributed by atoms with Crippen molar-refractivity contribution in [3.8, 4) is 0 Å². The lowest BCUT2D eigenvalue weighted by Crippen LogP contribution is -2.33. The van der Waals surface area contributed by atoms with E-state index in [1.54, 1.807) is 29.2 Å². The predicted octanol–water partition coefficient (Wildman–Crippen LogP) is 5.76. The van der Waals surface area contributed by atoms with Crippen LogP contribution < -0.4 is 5.32 Å². The van der Waals surface area contributed by atoms with Gasteiger partial charge in [0, 0.05) is 13.0 Å². The van der Waals surface area contributed by atoms with Crippen LogP contribution in [0.5, 0.6) is 0 Å². The third kappa shape index (κ3) is 5.06. The lowest BCUT2D eigenvalue weighted by atomic mass is 10.1. The first kappa shape index (κ1) is 22.4. The van der Waals surface area contributed by atoms with E-state index in [1.807, 2.05) is 32.0 Å². The van der Waals surface area contributed by atoms with E-state index in [0.717, 1.165) is 11.3 Å². The van der Waals surface area contributed by atoms with Gasteiger partial charge < -0.3 is 5.32 Å². The van der Waals surface area contributed by atoms with Crippen molar-refractivity contribution < 1.29 is 9.59 Å². The Morgan fingerprint density at radius 2 is 2.03 bits per heavy atom. The first-order valence-corrected chi connectivity index (χ1v) is 10.9. The van der Waals surface area contributed by atoms with Gasteiger partial charge in [0.05, 0.1) is 21.4 Å². The number of aryl methyl sites for hydroxylation is 2. The third-order valence-corrected chi connectivity index (χ3v) is 6.64. The van der Waals surface area contributed by atoms with Crippen LogP contribution in [0, 0.1) is 13.8 Å². The van der Waals surface area contributed by atoms with Crippen molar-refractivity contribution >= 4 is 63.3 Å². The molecule has 0 aliphatic carbocycles.